The summed E-state index contributed by atoms with van der Waals surface area (Å²) < 4.78 is 36.0. The second-order valence-corrected chi connectivity index (χ2v) is 9.79. The zero-order valence-electron chi connectivity index (χ0n) is 20.4. The number of hydrogen-bond donors (Lipinski definition) is 1. The summed E-state index contributed by atoms with van der Waals surface area (Å²) in [4.78, 5) is 13.1. The highest BCUT2D eigenvalue weighted by molar-refractivity contribution is 5.41. The van der Waals surface area contributed by atoms with E-state index in [0.717, 1.165) is 24.7 Å². The fourth-order valence-corrected chi connectivity index (χ4v) is 5.32. The quantitative estimate of drug-likeness (QED) is 0.510. The lowest BCUT2D eigenvalue weighted by atomic mass is 9.86. The van der Waals surface area contributed by atoms with E-state index in [0.29, 0.717) is 38.6 Å². The van der Waals surface area contributed by atoms with Gasteiger partial charge in [0, 0.05) is 43.9 Å². The first-order valence-corrected chi connectivity index (χ1v) is 12.5. The molecular weight excluding hydrogens is 466 g/mol. The molecule has 2 fully saturated rings. The van der Waals surface area contributed by atoms with E-state index < -0.39 is 23.3 Å². The van der Waals surface area contributed by atoms with Gasteiger partial charge in [0.25, 0.3) is 0 Å². The third kappa shape index (κ3) is 5.34. The van der Waals surface area contributed by atoms with Gasteiger partial charge in [-0.3, -0.25) is 9.58 Å². The van der Waals surface area contributed by atoms with E-state index in [-0.39, 0.29) is 11.7 Å². The lowest BCUT2D eigenvalue weighted by molar-refractivity contribution is -0.0515. The van der Waals surface area contributed by atoms with Crippen molar-refractivity contribution in [2.75, 3.05) is 31.1 Å². The Labute approximate surface area is 209 Å². The first-order chi connectivity index (χ1) is 17.4. The largest absolute Gasteiger partial charge is 0.474 e. The number of aliphatic hydroxyl groups is 1. The molecule has 192 valence electrons. The van der Waals surface area contributed by atoms with Crippen molar-refractivity contribution in [2.24, 2.45) is 0 Å². The second-order valence-electron chi connectivity index (χ2n) is 9.79. The molecule has 1 aliphatic carbocycles. The molecule has 36 heavy (non-hydrogen) atoms. The van der Waals surface area contributed by atoms with E-state index in [1.807, 2.05) is 18.2 Å². The minimum absolute atomic E-state index is 0.0508. The maximum absolute atomic E-state index is 14.7. The van der Waals surface area contributed by atoms with Crippen LogP contribution in [-0.2, 0) is 12.1 Å². The molecule has 10 heteroatoms. The molecule has 0 spiro atoms. The van der Waals surface area contributed by atoms with Crippen LogP contribution in [0, 0.1) is 11.6 Å². The summed E-state index contributed by atoms with van der Waals surface area (Å²) in [6.07, 6.45) is 7.80. The molecule has 1 saturated heterocycles. The van der Waals surface area contributed by atoms with Gasteiger partial charge >= 0.3 is 0 Å². The van der Waals surface area contributed by atoms with E-state index >= 15 is 0 Å². The molecular formula is C26H32F2N6O2. The molecule has 1 N–H and O–H groups in total. The first-order valence-electron chi connectivity index (χ1n) is 12.5. The zero-order valence-corrected chi connectivity index (χ0v) is 20.4. The summed E-state index contributed by atoms with van der Waals surface area (Å²) in [5.41, 5.74) is -1.55. The minimum atomic E-state index is -1.60. The summed E-state index contributed by atoms with van der Waals surface area (Å²) in [5.74, 6) is 0.0561. The van der Waals surface area contributed by atoms with Crippen molar-refractivity contribution in [3.63, 3.8) is 0 Å². The highest BCUT2D eigenvalue weighted by atomic mass is 19.1. The van der Waals surface area contributed by atoms with Gasteiger partial charge in [0.1, 0.15) is 41.8 Å². The van der Waals surface area contributed by atoms with Crippen LogP contribution in [0.25, 0.3) is 0 Å². The Hall–Kier alpha value is -3.11. The molecule has 5 rings (SSSR count). The Morgan fingerprint density at radius 3 is 2.58 bits per heavy atom. The lowest BCUT2D eigenvalue weighted by Gasteiger charge is -2.45. The molecule has 3 heterocycles. The number of rotatable bonds is 8. The van der Waals surface area contributed by atoms with Gasteiger partial charge in [-0.15, -0.1) is 0 Å². The van der Waals surface area contributed by atoms with Crippen molar-refractivity contribution >= 4 is 5.82 Å². The van der Waals surface area contributed by atoms with E-state index in [1.165, 1.54) is 31.3 Å². The monoisotopic (exact) mass is 498 g/mol. The highest BCUT2D eigenvalue weighted by Crippen LogP contribution is 2.33. The van der Waals surface area contributed by atoms with Gasteiger partial charge in [0.2, 0.25) is 5.88 Å². The lowest BCUT2D eigenvalue weighted by Crippen LogP contribution is -2.58. The summed E-state index contributed by atoms with van der Waals surface area (Å²) in [6.45, 7) is 4.46. The zero-order chi connectivity index (χ0) is 25.1. The number of anilines is 1. The fraction of sp³-hybridized carbons (Fsp3) is 0.500. The van der Waals surface area contributed by atoms with E-state index in [2.05, 4.69) is 19.9 Å². The van der Waals surface area contributed by atoms with Crippen LogP contribution >= 0.6 is 0 Å². The van der Waals surface area contributed by atoms with E-state index in [4.69, 9.17) is 9.72 Å². The molecule has 1 aromatic carbocycles. The molecule has 0 bridgehead atoms. The van der Waals surface area contributed by atoms with Crippen molar-refractivity contribution in [1.82, 2.24) is 24.6 Å². The molecule has 8 nitrogen and oxygen atoms in total. The summed E-state index contributed by atoms with van der Waals surface area (Å²) in [7, 11) is 0. The standard InChI is InChI=1S/C26H32F2N6O2/c1-26(35,21-10-9-19(27)15-22(21)28)23(16-34-18-29-17-30-34)32-11-13-33(14-12-32)24-7-4-8-25(31-24)36-20-5-2-3-6-20/h4,7-10,15,17-18,20,23,35H,2-3,5-6,11-14,16H2,1H3/t23-,26-/m1/s1. The molecule has 3 aromatic rings. The first kappa shape index (κ1) is 24.6. The Bertz CT molecular complexity index is 1150. The predicted molar refractivity (Wildman–Crippen MR) is 131 cm³/mol. The minimum Gasteiger partial charge on any atom is -0.474 e. The molecule has 1 saturated carbocycles. The van der Waals surface area contributed by atoms with Crippen LogP contribution in [0.15, 0.2) is 49.1 Å². The summed E-state index contributed by atoms with van der Waals surface area (Å²) >= 11 is 0. The molecule has 2 atom stereocenters. The summed E-state index contributed by atoms with van der Waals surface area (Å²) in [5, 5.41) is 15.8. The highest BCUT2D eigenvalue weighted by Gasteiger charge is 2.41. The number of ether oxygens (including phenoxy) is 1. The molecule has 2 aliphatic rings. The topological polar surface area (TPSA) is 79.5 Å². The van der Waals surface area contributed by atoms with E-state index in [1.54, 1.807) is 17.9 Å². The fourth-order valence-electron chi connectivity index (χ4n) is 5.32. The van der Waals surface area contributed by atoms with Gasteiger partial charge in [0.05, 0.1) is 12.6 Å². The molecule has 0 amide bonds. The van der Waals surface area contributed by atoms with Crippen molar-refractivity contribution < 1.29 is 18.6 Å². The third-order valence-electron chi connectivity index (χ3n) is 7.33. The van der Waals surface area contributed by atoms with Crippen LogP contribution in [-0.4, -0.2) is 68.1 Å². The Morgan fingerprint density at radius 1 is 1.11 bits per heavy atom. The SMILES string of the molecule is C[C@@](O)(c1ccc(F)cc1F)[C@@H](Cn1cncn1)N1CCN(c2cccc(OC3CCCC3)n2)CC1. The average Bonchev–Trinajstić information content (AvgIpc) is 3.57. The third-order valence-corrected chi connectivity index (χ3v) is 7.33. The maximum atomic E-state index is 14.7. The van der Waals surface area contributed by atoms with E-state index in [9.17, 15) is 13.9 Å². The van der Waals surface area contributed by atoms with Gasteiger partial charge in [0.15, 0.2) is 0 Å². The molecule has 1 aliphatic heterocycles. The van der Waals surface area contributed by atoms with Crippen LogP contribution < -0.4 is 9.64 Å². The van der Waals surface area contributed by atoms with Gasteiger partial charge in [-0.05, 0) is 44.7 Å². The molecule has 0 radical (unpaired) electrons. The van der Waals surface area contributed by atoms with Crippen LogP contribution in [0.2, 0.25) is 0 Å². The number of pyridine rings is 1. The molecule has 2 aromatic heterocycles. The van der Waals surface area contributed by atoms with Gasteiger partial charge in [-0.25, -0.2) is 13.8 Å². The Balaban J connectivity index is 1.32. The van der Waals surface area contributed by atoms with Gasteiger partial charge in [-0.2, -0.15) is 10.1 Å². The molecule has 0 unspecified atom stereocenters. The van der Waals surface area contributed by atoms with Crippen LogP contribution in [0.5, 0.6) is 5.88 Å². The smallest absolute Gasteiger partial charge is 0.215 e. The second kappa shape index (κ2) is 10.5. The van der Waals surface area contributed by atoms with Crippen LogP contribution in [0.1, 0.15) is 38.2 Å². The number of halogens is 2. The number of hydrogen-bond acceptors (Lipinski definition) is 7. The number of piperazine rings is 1. The van der Waals surface area contributed by atoms with Crippen molar-refractivity contribution in [2.45, 2.75) is 56.9 Å². The number of aromatic nitrogens is 4. The normalized spacial score (nSPS) is 19.8. The van der Waals surface area contributed by atoms with Gasteiger partial charge in [-0.1, -0.05) is 12.1 Å². The summed E-state index contributed by atoms with van der Waals surface area (Å²) in [6, 6.07) is 8.62. The Morgan fingerprint density at radius 2 is 1.89 bits per heavy atom. The number of benzene rings is 1. The van der Waals surface area contributed by atoms with Crippen molar-refractivity contribution in [3.8, 4) is 5.88 Å². The maximum Gasteiger partial charge on any atom is 0.215 e. The van der Waals surface area contributed by atoms with Crippen LogP contribution in [0.4, 0.5) is 14.6 Å². The average molecular weight is 499 g/mol. The van der Waals surface area contributed by atoms with Crippen molar-refractivity contribution in [1.29, 1.82) is 0 Å². The number of nitrogens with zero attached hydrogens (tertiary/aromatic N) is 6. The van der Waals surface area contributed by atoms with Gasteiger partial charge < -0.3 is 14.7 Å². The van der Waals surface area contributed by atoms with Crippen LogP contribution in [0.3, 0.4) is 0 Å². The Kier molecular flexibility index (Phi) is 7.15. The van der Waals surface area contributed by atoms with Crippen molar-refractivity contribution in [3.05, 3.63) is 66.3 Å². The predicted octanol–water partition coefficient (Wildman–Crippen LogP) is 3.37.